The number of pyridine rings is 1. The standard InChI is InChI=1S/C28H29N5O2S/c1-20-17-24(14-13-21(20)7-5-16-30-27(34)22-11-12-22)35-19-26-31-32-28(36-25-9-3-2-4-10-25)33(26)23-8-6-15-29-18-23/h3,6,8-9,13-15,17-18,22,25H,2,4,10-12,16,19H2,1H3,(H,30,34). The van der Waals surface area contributed by atoms with Crippen LogP contribution in [0.4, 0.5) is 0 Å². The third-order valence-corrected chi connectivity index (χ3v) is 7.33. The van der Waals surface area contributed by atoms with Gasteiger partial charge in [-0.15, -0.1) is 10.2 Å². The highest BCUT2D eigenvalue weighted by atomic mass is 32.2. The molecule has 0 bridgehead atoms. The molecule has 36 heavy (non-hydrogen) atoms. The molecule has 3 aromatic rings. The maximum absolute atomic E-state index is 11.7. The van der Waals surface area contributed by atoms with Crippen molar-refractivity contribution in [1.82, 2.24) is 25.1 Å². The average Bonchev–Trinajstić information content (AvgIpc) is 3.69. The van der Waals surface area contributed by atoms with E-state index in [1.54, 1.807) is 18.0 Å². The number of aromatic nitrogens is 4. The van der Waals surface area contributed by atoms with E-state index in [1.165, 1.54) is 6.42 Å². The molecule has 1 saturated carbocycles. The number of nitrogens with one attached hydrogen (secondary N) is 1. The van der Waals surface area contributed by atoms with Gasteiger partial charge < -0.3 is 10.1 Å². The lowest BCUT2D eigenvalue weighted by Crippen LogP contribution is -2.24. The summed E-state index contributed by atoms with van der Waals surface area (Å²) in [7, 11) is 0. The zero-order valence-corrected chi connectivity index (χ0v) is 21.1. The van der Waals surface area contributed by atoms with Crippen molar-refractivity contribution in [3.8, 4) is 23.3 Å². The van der Waals surface area contributed by atoms with E-state index >= 15 is 0 Å². The summed E-state index contributed by atoms with van der Waals surface area (Å²) in [5.74, 6) is 7.95. The van der Waals surface area contributed by atoms with Gasteiger partial charge in [-0.2, -0.15) is 0 Å². The van der Waals surface area contributed by atoms with E-state index in [2.05, 4.69) is 44.5 Å². The van der Waals surface area contributed by atoms with Crippen LogP contribution >= 0.6 is 11.8 Å². The first-order valence-corrected chi connectivity index (χ1v) is 13.2. The number of hydrogen-bond acceptors (Lipinski definition) is 6. The molecule has 0 aliphatic heterocycles. The molecule has 1 fully saturated rings. The maximum Gasteiger partial charge on any atom is 0.223 e. The molecule has 1 aromatic carbocycles. The van der Waals surface area contributed by atoms with Crippen molar-refractivity contribution in [2.45, 2.75) is 56.0 Å². The van der Waals surface area contributed by atoms with Crippen LogP contribution in [0.1, 0.15) is 49.1 Å². The molecular weight excluding hydrogens is 470 g/mol. The van der Waals surface area contributed by atoms with Crippen LogP contribution in [0.25, 0.3) is 5.69 Å². The van der Waals surface area contributed by atoms with Crippen molar-refractivity contribution < 1.29 is 9.53 Å². The third kappa shape index (κ3) is 6.16. The summed E-state index contributed by atoms with van der Waals surface area (Å²) in [6.07, 6.45) is 13.6. The van der Waals surface area contributed by atoms with E-state index in [9.17, 15) is 4.79 Å². The molecule has 8 heteroatoms. The van der Waals surface area contributed by atoms with E-state index < -0.39 is 0 Å². The highest BCUT2D eigenvalue weighted by molar-refractivity contribution is 7.99. The van der Waals surface area contributed by atoms with Gasteiger partial charge >= 0.3 is 0 Å². The highest BCUT2D eigenvalue weighted by Crippen LogP contribution is 2.31. The molecule has 5 rings (SSSR count). The van der Waals surface area contributed by atoms with Gasteiger partial charge in [0.1, 0.15) is 12.4 Å². The molecule has 0 radical (unpaired) electrons. The van der Waals surface area contributed by atoms with Crippen LogP contribution in [0.5, 0.6) is 5.75 Å². The number of carbonyl (C=O) groups is 1. The summed E-state index contributed by atoms with van der Waals surface area (Å²) in [5, 5.41) is 13.0. The first-order chi connectivity index (χ1) is 17.7. The fraction of sp³-hybridized carbons (Fsp3) is 0.357. The Labute approximate surface area is 215 Å². The Balaban J connectivity index is 1.26. The second kappa shape index (κ2) is 11.4. The van der Waals surface area contributed by atoms with E-state index in [4.69, 9.17) is 4.74 Å². The molecule has 2 aliphatic rings. The predicted octanol–water partition coefficient (Wildman–Crippen LogP) is 4.63. The fourth-order valence-electron chi connectivity index (χ4n) is 4.00. The monoisotopic (exact) mass is 499 g/mol. The topological polar surface area (TPSA) is 81.9 Å². The summed E-state index contributed by atoms with van der Waals surface area (Å²) < 4.78 is 8.14. The number of benzene rings is 1. The van der Waals surface area contributed by atoms with Crippen molar-refractivity contribution in [3.05, 3.63) is 71.8 Å². The number of aryl methyl sites for hydroxylation is 1. The minimum atomic E-state index is 0.112. The quantitative estimate of drug-likeness (QED) is 0.360. The van der Waals surface area contributed by atoms with Gasteiger partial charge in [0.15, 0.2) is 11.0 Å². The molecule has 2 aliphatic carbocycles. The van der Waals surface area contributed by atoms with Gasteiger partial charge in [0.25, 0.3) is 0 Å². The van der Waals surface area contributed by atoms with Gasteiger partial charge in [-0.05, 0) is 74.9 Å². The number of rotatable bonds is 8. The molecule has 1 unspecified atom stereocenters. The number of ether oxygens (including phenoxy) is 1. The summed E-state index contributed by atoms with van der Waals surface area (Å²) in [6, 6.07) is 9.75. The predicted molar refractivity (Wildman–Crippen MR) is 140 cm³/mol. The Morgan fingerprint density at radius 1 is 1.25 bits per heavy atom. The van der Waals surface area contributed by atoms with Crippen molar-refractivity contribution in [3.63, 3.8) is 0 Å². The van der Waals surface area contributed by atoms with E-state index in [0.29, 0.717) is 11.8 Å². The lowest BCUT2D eigenvalue weighted by molar-refractivity contribution is -0.122. The van der Waals surface area contributed by atoms with Crippen molar-refractivity contribution in [2.24, 2.45) is 5.92 Å². The molecule has 2 aromatic heterocycles. The summed E-state index contributed by atoms with van der Waals surface area (Å²) >= 11 is 1.73. The van der Waals surface area contributed by atoms with E-state index in [0.717, 1.165) is 59.2 Å². The molecule has 0 saturated heterocycles. The minimum absolute atomic E-state index is 0.112. The zero-order chi connectivity index (χ0) is 24.7. The van der Waals surface area contributed by atoms with Crippen LogP contribution in [0.2, 0.25) is 0 Å². The van der Waals surface area contributed by atoms with E-state index in [-0.39, 0.29) is 18.4 Å². The SMILES string of the molecule is Cc1cc(OCc2nnc(SC3C=CCCC3)n2-c2cccnc2)ccc1C#CCNC(=O)C1CC1. The zero-order valence-electron chi connectivity index (χ0n) is 20.3. The molecule has 1 amide bonds. The fourth-order valence-corrected chi connectivity index (χ4v) is 5.15. The molecule has 1 atom stereocenters. The lowest BCUT2D eigenvalue weighted by Gasteiger charge is -2.16. The Morgan fingerprint density at radius 2 is 2.17 bits per heavy atom. The number of amides is 1. The molecule has 7 nitrogen and oxygen atoms in total. The van der Waals surface area contributed by atoms with Crippen LogP contribution in [-0.2, 0) is 11.4 Å². The van der Waals surface area contributed by atoms with Crippen LogP contribution in [0.3, 0.4) is 0 Å². The second-order valence-corrected chi connectivity index (χ2v) is 10.2. The van der Waals surface area contributed by atoms with Gasteiger partial charge in [-0.3, -0.25) is 14.3 Å². The number of carbonyl (C=O) groups excluding carboxylic acids is 1. The van der Waals surface area contributed by atoms with Gasteiger partial charge in [0, 0.05) is 22.9 Å². The maximum atomic E-state index is 11.7. The van der Waals surface area contributed by atoms with Crippen LogP contribution in [0.15, 0.2) is 60.0 Å². The Bertz CT molecular complexity index is 1300. The first kappa shape index (κ1) is 24.1. The van der Waals surface area contributed by atoms with Crippen molar-refractivity contribution in [1.29, 1.82) is 0 Å². The molecule has 184 valence electrons. The van der Waals surface area contributed by atoms with Crippen molar-refractivity contribution in [2.75, 3.05) is 6.54 Å². The van der Waals surface area contributed by atoms with Gasteiger partial charge in [-0.1, -0.05) is 35.8 Å². The van der Waals surface area contributed by atoms with Crippen LogP contribution in [0, 0.1) is 24.7 Å². The summed E-state index contributed by atoms with van der Waals surface area (Å²) in [6.45, 7) is 2.65. The normalized spacial score (nSPS) is 16.8. The Morgan fingerprint density at radius 3 is 2.92 bits per heavy atom. The molecular formula is C28H29N5O2S. The minimum Gasteiger partial charge on any atom is -0.486 e. The summed E-state index contributed by atoms with van der Waals surface area (Å²) in [4.78, 5) is 16.0. The van der Waals surface area contributed by atoms with E-state index in [1.807, 2.05) is 48.0 Å². The Kier molecular flexibility index (Phi) is 7.67. The van der Waals surface area contributed by atoms with Gasteiger partial charge in [-0.25, -0.2) is 0 Å². The largest absolute Gasteiger partial charge is 0.486 e. The van der Waals surface area contributed by atoms with Crippen LogP contribution in [-0.4, -0.2) is 37.5 Å². The average molecular weight is 500 g/mol. The Hall–Kier alpha value is -3.57. The van der Waals surface area contributed by atoms with Crippen molar-refractivity contribution >= 4 is 17.7 Å². The lowest BCUT2D eigenvalue weighted by atomic mass is 10.1. The smallest absolute Gasteiger partial charge is 0.223 e. The molecule has 0 spiro atoms. The van der Waals surface area contributed by atoms with Gasteiger partial charge in [0.2, 0.25) is 5.91 Å². The third-order valence-electron chi connectivity index (χ3n) is 6.16. The van der Waals surface area contributed by atoms with Gasteiger partial charge in [0.05, 0.1) is 18.4 Å². The number of thioether (sulfide) groups is 1. The first-order valence-electron chi connectivity index (χ1n) is 12.4. The molecule has 1 N–H and O–H groups in total. The number of allylic oxidation sites excluding steroid dienone is 1. The van der Waals surface area contributed by atoms with Crippen LogP contribution < -0.4 is 10.1 Å². The second-order valence-electron chi connectivity index (χ2n) is 9.02. The number of nitrogens with zero attached hydrogens (tertiary/aromatic N) is 4. The summed E-state index contributed by atoms with van der Waals surface area (Å²) in [5.41, 5.74) is 2.85. The number of hydrogen-bond donors (Lipinski definition) is 1. The molecule has 2 heterocycles. The highest BCUT2D eigenvalue weighted by Gasteiger charge is 2.28.